The van der Waals surface area contributed by atoms with Crippen LogP contribution in [0.25, 0.3) is 10.8 Å². The molecule has 3 aliphatic rings. The summed E-state index contributed by atoms with van der Waals surface area (Å²) in [6.45, 7) is 0. The molecule has 0 unspecified atom stereocenters. The van der Waals surface area contributed by atoms with Crippen LogP contribution in [0, 0.1) is 0 Å². The van der Waals surface area contributed by atoms with Crippen LogP contribution in [0.3, 0.4) is 0 Å². The Bertz CT molecular complexity index is 731. The van der Waals surface area contributed by atoms with Crippen LogP contribution in [0.1, 0.15) is 29.8 Å². The van der Waals surface area contributed by atoms with Crippen LogP contribution in [-0.4, -0.2) is 7.12 Å². The summed E-state index contributed by atoms with van der Waals surface area (Å²) in [5.74, 6) is 0. The van der Waals surface area contributed by atoms with E-state index in [-0.39, 0.29) is 19.3 Å². The van der Waals surface area contributed by atoms with Crippen LogP contribution >= 0.6 is 0 Å². The molecule has 1 saturated heterocycles. The summed E-state index contributed by atoms with van der Waals surface area (Å²) in [6, 6.07) is 12.9. The van der Waals surface area contributed by atoms with Crippen molar-refractivity contribution in [2.45, 2.75) is 18.6 Å². The molecule has 2 atom stereocenters. The Hall–Kier alpha value is -1.84. The van der Waals surface area contributed by atoms with Gasteiger partial charge in [-0.2, -0.15) is 0 Å². The van der Waals surface area contributed by atoms with Gasteiger partial charge in [-0.25, -0.2) is 0 Å². The lowest BCUT2D eigenvalue weighted by atomic mass is 9.79. The molecule has 1 aliphatic heterocycles. The predicted octanol–water partition coefficient (Wildman–Crippen LogP) is 3.90. The lowest BCUT2D eigenvalue weighted by molar-refractivity contribution is 0.170. The van der Waals surface area contributed by atoms with Crippen LogP contribution in [0.5, 0.6) is 0 Å². The van der Waals surface area contributed by atoms with E-state index in [9.17, 15) is 0 Å². The van der Waals surface area contributed by atoms with Crippen molar-refractivity contribution in [1.29, 1.82) is 0 Å². The second-order valence-electron chi connectivity index (χ2n) is 5.58. The maximum absolute atomic E-state index is 6.20. The third-order valence-corrected chi connectivity index (χ3v) is 4.47. The quantitative estimate of drug-likeness (QED) is 0.724. The van der Waals surface area contributed by atoms with E-state index in [1.807, 2.05) is 0 Å². The molecule has 1 fully saturated rings. The van der Waals surface area contributed by atoms with Crippen molar-refractivity contribution < 1.29 is 9.31 Å². The van der Waals surface area contributed by atoms with E-state index < -0.39 is 0 Å². The van der Waals surface area contributed by atoms with Gasteiger partial charge in [0, 0.05) is 0 Å². The summed E-state index contributed by atoms with van der Waals surface area (Å²) in [6.07, 6.45) is 7.49. The smallest absolute Gasteiger partial charge is 0.397 e. The zero-order chi connectivity index (χ0) is 13.1. The zero-order valence-corrected chi connectivity index (χ0v) is 11.0. The van der Waals surface area contributed by atoms with E-state index in [4.69, 9.17) is 9.31 Å². The average molecular weight is 260 g/mol. The van der Waals surface area contributed by atoms with Gasteiger partial charge in [0.15, 0.2) is 0 Å². The van der Waals surface area contributed by atoms with Crippen LogP contribution < -0.4 is 0 Å². The summed E-state index contributed by atoms with van der Waals surface area (Å²) >= 11 is 0. The minimum absolute atomic E-state index is 0.0380. The van der Waals surface area contributed by atoms with Crippen molar-refractivity contribution in [2.75, 3.05) is 0 Å². The third-order valence-electron chi connectivity index (χ3n) is 4.47. The van der Waals surface area contributed by atoms with Gasteiger partial charge < -0.3 is 9.31 Å². The Morgan fingerprint density at radius 1 is 0.950 bits per heavy atom. The zero-order valence-electron chi connectivity index (χ0n) is 11.0. The molecule has 2 aromatic rings. The second-order valence-corrected chi connectivity index (χ2v) is 5.58. The predicted molar refractivity (Wildman–Crippen MR) is 79.2 cm³/mol. The van der Waals surface area contributed by atoms with Gasteiger partial charge in [0.2, 0.25) is 0 Å². The van der Waals surface area contributed by atoms with Gasteiger partial charge in [0.05, 0.1) is 12.2 Å². The van der Waals surface area contributed by atoms with E-state index in [0.717, 1.165) is 11.9 Å². The molecule has 0 aromatic heterocycles. The van der Waals surface area contributed by atoms with Gasteiger partial charge in [0.25, 0.3) is 0 Å². The molecule has 0 bridgehead atoms. The van der Waals surface area contributed by atoms with Gasteiger partial charge in [-0.05, 0) is 33.8 Å². The molecule has 2 aliphatic carbocycles. The molecule has 0 N–H and O–H groups in total. The molecule has 2 aromatic carbocycles. The molecule has 96 valence electrons. The molecule has 1 heterocycles. The molecule has 20 heavy (non-hydrogen) atoms. The first-order valence-corrected chi connectivity index (χ1v) is 7.11. The highest BCUT2D eigenvalue weighted by molar-refractivity contribution is 6.55. The standard InChI is InChI=1S/C17H13BO2/c1-2-8-12(7-1)18-19-16-13-9-3-5-11-6-4-10-14(15(11)13)17(16)20-18/h1,3-10,16-17H,2H2/t16-,17+. The first-order valence-electron chi connectivity index (χ1n) is 7.11. The van der Waals surface area contributed by atoms with Gasteiger partial charge in [0.1, 0.15) is 0 Å². The Balaban J connectivity index is 1.63. The summed E-state index contributed by atoms with van der Waals surface area (Å²) in [5, 5.41) is 2.59. The van der Waals surface area contributed by atoms with Crippen molar-refractivity contribution >= 4 is 17.9 Å². The molecule has 5 rings (SSSR count). The van der Waals surface area contributed by atoms with Gasteiger partial charge in [-0.15, -0.1) is 0 Å². The Labute approximate surface area is 117 Å². The minimum Gasteiger partial charge on any atom is -0.397 e. The summed E-state index contributed by atoms with van der Waals surface area (Å²) < 4.78 is 12.4. The fourth-order valence-corrected chi connectivity index (χ4v) is 3.60. The van der Waals surface area contributed by atoms with Crippen LogP contribution in [0.15, 0.2) is 60.1 Å². The SMILES string of the molecule is C1=CC(B2O[C@@H]3c4cccc5cccc(c45)[C@@H]3O2)=CC1. The third kappa shape index (κ3) is 1.32. The number of hydrogen-bond acceptors (Lipinski definition) is 2. The van der Waals surface area contributed by atoms with E-state index in [1.54, 1.807) is 0 Å². The first kappa shape index (κ1) is 10.9. The highest BCUT2D eigenvalue weighted by atomic mass is 16.7. The molecule has 0 saturated carbocycles. The molecule has 0 spiro atoms. The minimum atomic E-state index is -0.215. The van der Waals surface area contributed by atoms with Crippen molar-refractivity contribution in [3.8, 4) is 0 Å². The second kappa shape index (κ2) is 3.84. The number of benzene rings is 2. The van der Waals surface area contributed by atoms with Crippen molar-refractivity contribution in [3.63, 3.8) is 0 Å². The number of allylic oxidation sites excluding steroid dienone is 4. The molecule has 2 nitrogen and oxygen atoms in total. The average Bonchev–Trinajstić information content (AvgIpc) is 3.18. The van der Waals surface area contributed by atoms with Crippen molar-refractivity contribution in [3.05, 3.63) is 71.2 Å². The highest BCUT2D eigenvalue weighted by Gasteiger charge is 2.47. The lowest BCUT2D eigenvalue weighted by Crippen LogP contribution is -2.17. The van der Waals surface area contributed by atoms with Crippen LogP contribution in [0.4, 0.5) is 0 Å². The largest absolute Gasteiger partial charge is 0.494 e. The fourth-order valence-electron chi connectivity index (χ4n) is 3.60. The fraction of sp³-hybridized carbons (Fsp3) is 0.176. The Kier molecular flexibility index (Phi) is 2.09. The van der Waals surface area contributed by atoms with Gasteiger partial charge >= 0.3 is 7.12 Å². The summed E-state index contributed by atoms with van der Waals surface area (Å²) in [4.78, 5) is 0. The maximum Gasteiger partial charge on any atom is 0.494 e. The normalized spacial score (nSPS) is 26.4. The van der Waals surface area contributed by atoms with Crippen molar-refractivity contribution in [2.24, 2.45) is 0 Å². The summed E-state index contributed by atoms with van der Waals surface area (Å²) in [5.41, 5.74) is 3.70. The van der Waals surface area contributed by atoms with Crippen molar-refractivity contribution in [1.82, 2.24) is 0 Å². The highest BCUT2D eigenvalue weighted by Crippen LogP contribution is 2.52. The molecular formula is C17H13BO2. The van der Waals surface area contributed by atoms with Crippen LogP contribution in [-0.2, 0) is 9.31 Å². The maximum atomic E-state index is 6.20. The van der Waals surface area contributed by atoms with Gasteiger partial charge in [-0.3, -0.25) is 0 Å². The first-order chi connectivity index (χ1) is 9.92. The number of rotatable bonds is 1. The molecule has 3 heteroatoms. The number of fused-ring (bicyclic) bond motifs is 3. The molecule has 0 amide bonds. The van der Waals surface area contributed by atoms with E-state index in [1.165, 1.54) is 21.9 Å². The number of hydrogen-bond donors (Lipinski definition) is 0. The summed E-state index contributed by atoms with van der Waals surface area (Å²) in [7, 11) is -0.215. The van der Waals surface area contributed by atoms with Crippen LogP contribution in [0.2, 0.25) is 0 Å². The van der Waals surface area contributed by atoms with E-state index in [2.05, 4.69) is 54.6 Å². The van der Waals surface area contributed by atoms with E-state index >= 15 is 0 Å². The monoisotopic (exact) mass is 260 g/mol. The molecule has 0 radical (unpaired) electrons. The van der Waals surface area contributed by atoms with E-state index in [0.29, 0.717) is 0 Å². The topological polar surface area (TPSA) is 18.5 Å². The molecular weight excluding hydrogens is 247 g/mol. The lowest BCUT2D eigenvalue weighted by Gasteiger charge is -2.09. The van der Waals surface area contributed by atoms with Gasteiger partial charge in [-0.1, -0.05) is 54.6 Å². The Morgan fingerprint density at radius 2 is 1.65 bits per heavy atom. The Morgan fingerprint density at radius 3 is 2.25 bits per heavy atom.